The lowest BCUT2D eigenvalue weighted by Gasteiger charge is -2.23. The Morgan fingerprint density at radius 1 is 1.26 bits per heavy atom. The Hall–Kier alpha value is -1.85. The molecule has 6 nitrogen and oxygen atoms in total. The summed E-state index contributed by atoms with van der Waals surface area (Å²) in [4.78, 5) is 8.82. The normalized spacial score (nSPS) is 12.9. The van der Waals surface area contributed by atoms with Gasteiger partial charge in [-0.25, -0.2) is 0 Å². The van der Waals surface area contributed by atoms with Crippen molar-refractivity contribution in [2.75, 3.05) is 17.7 Å². The molecule has 0 saturated carbocycles. The van der Waals surface area contributed by atoms with E-state index in [9.17, 15) is 0 Å². The smallest absolute Gasteiger partial charge is 0.226 e. The van der Waals surface area contributed by atoms with E-state index in [1.807, 2.05) is 7.05 Å². The highest BCUT2D eigenvalue weighted by Crippen LogP contribution is 2.23. The minimum atomic E-state index is 0.368. The molecule has 0 fully saturated rings. The molecule has 1 atom stereocenters. The molecule has 0 spiro atoms. The van der Waals surface area contributed by atoms with Crippen molar-refractivity contribution in [1.82, 2.24) is 20.2 Å². The molecule has 0 amide bonds. The average Bonchev–Trinajstić information content (AvgIpc) is 2.88. The monoisotopic (exact) mass is 262 g/mol. The summed E-state index contributed by atoms with van der Waals surface area (Å²) < 4.78 is 0. The van der Waals surface area contributed by atoms with Gasteiger partial charge < -0.3 is 10.6 Å². The second-order valence-electron chi connectivity index (χ2n) is 4.79. The number of fused-ring (bicyclic) bond motifs is 1. The summed E-state index contributed by atoms with van der Waals surface area (Å²) >= 11 is 0. The molecule has 19 heavy (non-hydrogen) atoms. The van der Waals surface area contributed by atoms with Gasteiger partial charge >= 0.3 is 0 Å². The maximum Gasteiger partial charge on any atom is 0.226 e. The molecule has 2 heterocycles. The molecule has 2 aromatic rings. The van der Waals surface area contributed by atoms with Crippen molar-refractivity contribution >= 4 is 22.8 Å². The molecule has 0 aliphatic carbocycles. The third kappa shape index (κ3) is 2.77. The topological polar surface area (TPSA) is 78.5 Å². The van der Waals surface area contributed by atoms with Crippen LogP contribution in [-0.2, 0) is 0 Å². The van der Waals surface area contributed by atoms with Crippen molar-refractivity contribution in [3.05, 3.63) is 6.20 Å². The molecule has 2 rings (SSSR count). The number of nitrogens with zero attached hydrogens (tertiary/aromatic N) is 3. The van der Waals surface area contributed by atoms with Crippen LogP contribution in [0.5, 0.6) is 0 Å². The summed E-state index contributed by atoms with van der Waals surface area (Å²) in [5, 5.41) is 14.3. The van der Waals surface area contributed by atoms with Crippen LogP contribution in [0.15, 0.2) is 6.20 Å². The van der Waals surface area contributed by atoms with Crippen LogP contribution in [0.25, 0.3) is 11.0 Å². The van der Waals surface area contributed by atoms with E-state index in [2.05, 4.69) is 51.6 Å². The van der Waals surface area contributed by atoms with E-state index in [1.165, 1.54) is 0 Å². The molecule has 104 valence electrons. The first-order valence-corrected chi connectivity index (χ1v) is 6.84. The zero-order valence-electron chi connectivity index (χ0n) is 12.0. The van der Waals surface area contributed by atoms with Crippen molar-refractivity contribution in [1.29, 1.82) is 0 Å². The van der Waals surface area contributed by atoms with Gasteiger partial charge in [0.05, 0.1) is 11.6 Å². The highest BCUT2D eigenvalue weighted by atomic mass is 15.2. The van der Waals surface area contributed by atoms with Crippen molar-refractivity contribution in [3.8, 4) is 0 Å². The number of hydrogen-bond acceptors (Lipinski definition) is 5. The van der Waals surface area contributed by atoms with Gasteiger partial charge in [0.1, 0.15) is 5.82 Å². The highest BCUT2D eigenvalue weighted by molar-refractivity contribution is 5.87. The molecular formula is C13H22N6. The lowest BCUT2D eigenvalue weighted by molar-refractivity contribution is 0.437. The van der Waals surface area contributed by atoms with Gasteiger partial charge in [0.25, 0.3) is 0 Å². The Balaban J connectivity index is 2.30. The number of hydrogen-bond donors (Lipinski definition) is 3. The number of nitrogens with one attached hydrogen (secondary N) is 3. The summed E-state index contributed by atoms with van der Waals surface area (Å²) in [5.41, 5.74) is 0.749. The van der Waals surface area contributed by atoms with Gasteiger partial charge in [-0.15, -0.1) is 0 Å². The number of H-pyrrole nitrogens is 1. The standard InChI is InChI=1S/C13H22N6/c1-5-9(6-2)8(3)16-11-10-7-15-19-12(10)18-13(14-4)17-11/h7-9H,5-6H2,1-4H3,(H3,14,15,16,17,18,19). The Morgan fingerprint density at radius 2 is 2.00 bits per heavy atom. The van der Waals surface area contributed by atoms with Gasteiger partial charge in [0, 0.05) is 13.1 Å². The largest absolute Gasteiger partial charge is 0.367 e. The third-order valence-electron chi connectivity index (χ3n) is 3.65. The number of aromatic nitrogens is 4. The fourth-order valence-corrected chi connectivity index (χ4v) is 2.39. The second kappa shape index (κ2) is 5.86. The van der Waals surface area contributed by atoms with E-state index in [-0.39, 0.29) is 0 Å². The van der Waals surface area contributed by atoms with E-state index >= 15 is 0 Å². The van der Waals surface area contributed by atoms with Crippen molar-refractivity contribution in [2.45, 2.75) is 39.7 Å². The summed E-state index contributed by atoms with van der Waals surface area (Å²) in [6, 6.07) is 0.368. The quantitative estimate of drug-likeness (QED) is 0.746. The SMILES string of the molecule is CCC(CC)C(C)Nc1nc(NC)nc2[nH]ncc12. The van der Waals surface area contributed by atoms with E-state index in [4.69, 9.17) is 0 Å². The molecule has 1 unspecified atom stereocenters. The van der Waals surface area contributed by atoms with Crippen LogP contribution in [0.2, 0.25) is 0 Å². The first-order valence-electron chi connectivity index (χ1n) is 6.84. The van der Waals surface area contributed by atoms with E-state index in [0.717, 1.165) is 29.7 Å². The fraction of sp³-hybridized carbons (Fsp3) is 0.615. The van der Waals surface area contributed by atoms with Crippen LogP contribution >= 0.6 is 0 Å². The Bertz CT molecular complexity index is 531. The number of rotatable bonds is 6. The lowest BCUT2D eigenvalue weighted by Crippen LogP contribution is -2.25. The minimum Gasteiger partial charge on any atom is -0.367 e. The Kier molecular flexibility index (Phi) is 4.19. The van der Waals surface area contributed by atoms with Crippen molar-refractivity contribution < 1.29 is 0 Å². The zero-order chi connectivity index (χ0) is 13.8. The maximum atomic E-state index is 4.49. The number of anilines is 2. The average molecular weight is 262 g/mol. The van der Waals surface area contributed by atoms with E-state index < -0.39 is 0 Å². The minimum absolute atomic E-state index is 0.368. The molecule has 2 aromatic heterocycles. The molecule has 0 radical (unpaired) electrons. The molecule has 0 aliphatic rings. The van der Waals surface area contributed by atoms with E-state index in [1.54, 1.807) is 6.20 Å². The maximum absolute atomic E-state index is 4.49. The molecular weight excluding hydrogens is 240 g/mol. The van der Waals surface area contributed by atoms with Crippen LogP contribution in [0.1, 0.15) is 33.6 Å². The van der Waals surface area contributed by atoms with Gasteiger partial charge in [0.15, 0.2) is 5.65 Å². The molecule has 0 bridgehead atoms. The van der Waals surface area contributed by atoms with Crippen LogP contribution in [0, 0.1) is 5.92 Å². The van der Waals surface area contributed by atoms with Gasteiger partial charge in [-0.3, -0.25) is 5.10 Å². The summed E-state index contributed by atoms with van der Waals surface area (Å²) in [6.45, 7) is 6.64. The summed E-state index contributed by atoms with van der Waals surface area (Å²) in [5.74, 6) is 2.06. The fourth-order valence-electron chi connectivity index (χ4n) is 2.39. The lowest BCUT2D eigenvalue weighted by atomic mass is 9.95. The molecule has 3 N–H and O–H groups in total. The van der Waals surface area contributed by atoms with Gasteiger partial charge in [-0.2, -0.15) is 15.1 Å². The second-order valence-corrected chi connectivity index (χ2v) is 4.79. The Morgan fingerprint density at radius 3 is 2.63 bits per heavy atom. The zero-order valence-corrected chi connectivity index (χ0v) is 12.0. The van der Waals surface area contributed by atoms with Crippen molar-refractivity contribution in [2.24, 2.45) is 5.92 Å². The highest BCUT2D eigenvalue weighted by Gasteiger charge is 2.16. The summed E-state index contributed by atoms with van der Waals surface area (Å²) in [6.07, 6.45) is 4.07. The molecule has 0 saturated heterocycles. The predicted molar refractivity (Wildman–Crippen MR) is 78.4 cm³/mol. The summed E-state index contributed by atoms with van der Waals surface area (Å²) in [7, 11) is 1.81. The first kappa shape index (κ1) is 13.6. The van der Waals surface area contributed by atoms with Crippen LogP contribution in [-0.4, -0.2) is 33.3 Å². The first-order chi connectivity index (χ1) is 9.19. The molecule has 0 aliphatic heterocycles. The predicted octanol–water partition coefficient (Wildman–Crippen LogP) is 2.63. The Labute approximate surface area is 113 Å². The van der Waals surface area contributed by atoms with Gasteiger partial charge in [-0.05, 0) is 12.8 Å². The van der Waals surface area contributed by atoms with E-state index in [0.29, 0.717) is 17.9 Å². The van der Waals surface area contributed by atoms with Crippen LogP contribution < -0.4 is 10.6 Å². The van der Waals surface area contributed by atoms with Gasteiger partial charge in [-0.1, -0.05) is 26.7 Å². The van der Waals surface area contributed by atoms with Gasteiger partial charge in [0.2, 0.25) is 5.95 Å². The number of aromatic amines is 1. The van der Waals surface area contributed by atoms with Crippen LogP contribution in [0.3, 0.4) is 0 Å². The molecule has 6 heteroatoms. The van der Waals surface area contributed by atoms with Crippen LogP contribution in [0.4, 0.5) is 11.8 Å². The van der Waals surface area contributed by atoms with Crippen molar-refractivity contribution in [3.63, 3.8) is 0 Å². The third-order valence-corrected chi connectivity index (χ3v) is 3.65. The molecule has 0 aromatic carbocycles.